The molecule has 5 heteroatoms. The van der Waals surface area contributed by atoms with Crippen molar-refractivity contribution in [2.45, 2.75) is 12.2 Å². The van der Waals surface area contributed by atoms with Crippen LogP contribution in [0.25, 0.3) is 0 Å². The molecule has 0 radical (unpaired) electrons. The fraction of sp³-hybridized carbons (Fsp3) is 0.909. The molecule has 0 spiro atoms. The van der Waals surface area contributed by atoms with Crippen molar-refractivity contribution in [1.82, 2.24) is 0 Å². The summed E-state index contributed by atoms with van der Waals surface area (Å²) in [6.45, 7) is 0.717. The van der Waals surface area contributed by atoms with Crippen LogP contribution in [0.15, 0.2) is 0 Å². The van der Waals surface area contributed by atoms with Crippen LogP contribution in [-0.4, -0.2) is 59.6 Å². The molecule has 1 rings (SSSR count). The maximum Gasteiger partial charge on any atom is 0.149 e. The number of carbonyl (C=O) groups is 1. The SMILES string of the molecule is COCC1C(=O)C(COC)C(OC)C1OC. The lowest BCUT2D eigenvalue weighted by molar-refractivity contribution is -0.128. The second-order valence-corrected chi connectivity index (χ2v) is 3.93. The van der Waals surface area contributed by atoms with Gasteiger partial charge in [-0.25, -0.2) is 0 Å². The highest BCUT2D eigenvalue weighted by Gasteiger charge is 2.50. The van der Waals surface area contributed by atoms with Crippen LogP contribution in [0, 0.1) is 11.8 Å². The van der Waals surface area contributed by atoms with Crippen molar-refractivity contribution in [2.75, 3.05) is 41.7 Å². The van der Waals surface area contributed by atoms with Crippen LogP contribution in [-0.2, 0) is 23.7 Å². The molecule has 0 aliphatic heterocycles. The van der Waals surface area contributed by atoms with Gasteiger partial charge in [0, 0.05) is 28.4 Å². The van der Waals surface area contributed by atoms with E-state index in [0.29, 0.717) is 13.2 Å². The van der Waals surface area contributed by atoms with Crippen LogP contribution in [0.4, 0.5) is 0 Å². The van der Waals surface area contributed by atoms with Gasteiger partial charge in [-0.3, -0.25) is 4.79 Å². The van der Waals surface area contributed by atoms with Gasteiger partial charge in [0.2, 0.25) is 0 Å². The van der Waals surface area contributed by atoms with E-state index in [0.717, 1.165) is 0 Å². The van der Waals surface area contributed by atoms with Gasteiger partial charge in [0.05, 0.1) is 37.3 Å². The molecule has 1 aliphatic carbocycles. The summed E-state index contributed by atoms with van der Waals surface area (Å²) in [5.74, 6) is -0.428. The fourth-order valence-electron chi connectivity index (χ4n) is 2.37. The first kappa shape index (κ1) is 13.6. The minimum atomic E-state index is -0.264. The van der Waals surface area contributed by atoms with Gasteiger partial charge in [0.15, 0.2) is 0 Å². The molecule has 4 atom stereocenters. The number of ether oxygens (including phenoxy) is 4. The lowest BCUT2D eigenvalue weighted by Crippen LogP contribution is -2.34. The van der Waals surface area contributed by atoms with Crippen LogP contribution in [0.1, 0.15) is 0 Å². The maximum atomic E-state index is 12.1. The molecule has 1 saturated carbocycles. The minimum absolute atomic E-state index is 0.0994. The number of ketones is 1. The second kappa shape index (κ2) is 6.30. The Kier molecular flexibility index (Phi) is 5.34. The largest absolute Gasteiger partial charge is 0.384 e. The topological polar surface area (TPSA) is 54.0 Å². The quantitative estimate of drug-likeness (QED) is 0.651. The number of hydrogen-bond acceptors (Lipinski definition) is 5. The zero-order chi connectivity index (χ0) is 12.1. The molecular formula is C11H20O5. The Hall–Kier alpha value is -0.490. The summed E-state index contributed by atoms with van der Waals surface area (Å²) >= 11 is 0. The fourth-order valence-corrected chi connectivity index (χ4v) is 2.37. The van der Waals surface area contributed by atoms with Gasteiger partial charge in [-0.05, 0) is 0 Å². The van der Waals surface area contributed by atoms with Crippen LogP contribution in [0.5, 0.6) is 0 Å². The average molecular weight is 232 g/mol. The highest BCUT2D eigenvalue weighted by atomic mass is 16.5. The molecular weight excluding hydrogens is 212 g/mol. The van der Waals surface area contributed by atoms with Gasteiger partial charge in [-0.2, -0.15) is 0 Å². The number of Topliss-reactive ketones (excluding diaryl/α,β-unsaturated/α-hetero) is 1. The highest BCUT2D eigenvalue weighted by Crippen LogP contribution is 2.32. The van der Waals surface area contributed by atoms with E-state index in [1.807, 2.05) is 0 Å². The lowest BCUT2D eigenvalue weighted by atomic mass is 10.0. The molecule has 0 bridgehead atoms. The van der Waals surface area contributed by atoms with Crippen molar-refractivity contribution in [2.24, 2.45) is 11.8 Å². The summed E-state index contributed by atoms with van der Waals surface area (Å²) < 4.78 is 20.8. The monoisotopic (exact) mass is 232 g/mol. The summed E-state index contributed by atoms with van der Waals surface area (Å²) in [7, 11) is 6.32. The van der Waals surface area contributed by atoms with Gasteiger partial charge in [-0.15, -0.1) is 0 Å². The predicted molar refractivity (Wildman–Crippen MR) is 57.3 cm³/mol. The van der Waals surface area contributed by atoms with Gasteiger partial charge in [-0.1, -0.05) is 0 Å². The molecule has 0 heterocycles. The van der Waals surface area contributed by atoms with Crippen LogP contribution in [0.3, 0.4) is 0 Å². The van der Waals surface area contributed by atoms with Crippen molar-refractivity contribution in [3.63, 3.8) is 0 Å². The normalized spacial score (nSPS) is 34.6. The van der Waals surface area contributed by atoms with Crippen molar-refractivity contribution in [3.05, 3.63) is 0 Å². The standard InChI is InChI=1S/C11H20O5/c1-13-5-7-9(12)8(6-14-2)11(16-4)10(7)15-3/h7-8,10-11H,5-6H2,1-4H3. The number of methoxy groups -OCH3 is 4. The summed E-state index contributed by atoms with van der Waals surface area (Å²) in [4.78, 5) is 12.1. The zero-order valence-electron chi connectivity index (χ0n) is 10.3. The van der Waals surface area contributed by atoms with E-state index in [1.54, 1.807) is 28.4 Å². The van der Waals surface area contributed by atoms with Crippen LogP contribution >= 0.6 is 0 Å². The van der Waals surface area contributed by atoms with Crippen molar-refractivity contribution in [1.29, 1.82) is 0 Å². The molecule has 1 aliphatic rings. The van der Waals surface area contributed by atoms with Gasteiger partial charge in [0.1, 0.15) is 5.78 Å². The Bertz CT molecular complexity index is 208. The van der Waals surface area contributed by atoms with Crippen molar-refractivity contribution in [3.8, 4) is 0 Å². The number of rotatable bonds is 6. The Morgan fingerprint density at radius 1 is 0.875 bits per heavy atom. The van der Waals surface area contributed by atoms with Crippen LogP contribution in [0.2, 0.25) is 0 Å². The molecule has 16 heavy (non-hydrogen) atoms. The Balaban J connectivity index is 2.83. The van der Waals surface area contributed by atoms with Crippen molar-refractivity contribution < 1.29 is 23.7 Å². The molecule has 1 fully saturated rings. The van der Waals surface area contributed by atoms with Gasteiger partial charge >= 0.3 is 0 Å². The first-order chi connectivity index (χ1) is 7.71. The van der Waals surface area contributed by atoms with E-state index in [4.69, 9.17) is 18.9 Å². The molecule has 0 amide bonds. The summed E-state index contributed by atoms with van der Waals surface area (Å²) in [6.07, 6.45) is -0.504. The summed E-state index contributed by atoms with van der Waals surface area (Å²) in [5.41, 5.74) is 0. The third-order valence-corrected chi connectivity index (χ3v) is 3.08. The molecule has 0 aromatic heterocycles. The average Bonchev–Trinajstić information content (AvgIpc) is 2.54. The van der Waals surface area contributed by atoms with E-state index >= 15 is 0 Å². The molecule has 5 nitrogen and oxygen atoms in total. The van der Waals surface area contributed by atoms with Crippen LogP contribution < -0.4 is 0 Å². The molecule has 4 unspecified atom stereocenters. The van der Waals surface area contributed by atoms with E-state index in [2.05, 4.69) is 0 Å². The summed E-state index contributed by atoms with van der Waals surface area (Å²) in [5, 5.41) is 0. The third-order valence-electron chi connectivity index (χ3n) is 3.08. The molecule has 0 saturated heterocycles. The van der Waals surface area contributed by atoms with E-state index < -0.39 is 0 Å². The Morgan fingerprint density at radius 3 is 1.50 bits per heavy atom. The zero-order valence-corrected chi connectivity index (χ0v) is 10.3. The minimum Gasteiger partial charge on any atom is -0.384 e. The van der Waals surface area contributed by atoms with Gasteiger partial charge in [0.25, 0.3) is 0 Å². The second-order valence-electron chi connectivity index (χ2n) is 3.93. The van der Waals surface area contributed by atoms with E-state index in [-0.39, 0.29) is 29.8 Å². The highest BCUT2D eigenvalue weighted by molar-refractivity contribution is 5.87. The molecule has 0 aromatic carbocycles. The smallest absolute Gasteiger partial charge is 0.149 e. The molecule has 0 aromatic rings. The third kappa shape index (κ3) is 2.43. The first-order valence-electron chi connectivity index (χ1n) is 5.28. The molecule has 0 N–H and O–H groups in total. The first-order valence-corrected chi connectivity index (χ1v) is 5.28. The Morgan fingerprint density at radius 2 is 1.25 bits per heavy atom. The van der Waals surface area contributed by atoms with E-state index in [1.165, 1.54) is 0 Å². The maximum absolute atomic E-state index is 12.1. The summed E-state index contributed by atoms with van der Waals surface area (Å²) in [6, 6.07) is 0. The Labute approximate surface area is 96.0 Å². The van der Waals surface area contributed by atoms with Gasteiger partial charge < -0.3 is 18.9 Å². The lowest BCUT2D eigenvalue weighted by Gasteiger charge is -2.22. The van der Waals surface area contributed by atoms with E-state index in [9.17, 15) is 4.79 Å². The van der Waals surface area contributed by atoms with Crippen molar-refractivity contribution >= 4 is 5.78 Å². The number of hydrogen-bond donors (Lipinski definition) is 0. The molecule has 94 valence electrons. The predicted octanol–water partition coefficient (Wildman–Crippen LogP) is 0.124. The number of carbonyl (C=O) groups excluding carboxylic acids is 1.